The van der Waals surface area contributed by atoms with Crippen LogP contribution in [0.2, 0.25) is 0 Å². The fourth-order valence-corrected chi connectivity index (χ4v) is 0.515. The van der Waals surface area contributed by atoms with Gasteiger partial charge in [0.2, 0.25) is 0 Å². The zero-order valence-electron chi connectivity index (χ0n) is 5.79. The molecule has 9 heavy (non-hydrogen) atoms. The Morgan fingerprint density at radius 2 is 1.89 bits per heavy atom. The molecule has 0 N–H and O–H groups in total. The number of halogens is 2. The summed E-state index contributed by atoms with van der Waals surface area (Å²) in [5, 5.41) is 0. The molecule has 1 aliphatic rings. The Morgan fingerprint density at radius 1 is 1.33 bits per heavy atom. The monoisotopic (exact) mass is 138 g/mol. The molecule has 0 aliphatic carbocycles. The molecule has 3 heteroatoms. The van der Waals surface area contributed by atoms with E-state index < -0.39 is 5.92 Å². The third-order valence-corrected chi connectivity index (χ3v) is 0.925. The molecule has 0 aromatic heterocycles. The van der Waals surface area contributed by atoms with E-state index in [4.69, 9.17) is 0 Å². The number of hydrogen-bond acceptors (Lipinski definition) is 1. The molecule has 0 atom stereocenters. The summed E-state index contributed by atoms with van der Waals surface area (Å²) >= 11 is 0. The molecule has 0 aromatic carbocycles. The fraction of sp³-hybridized carbons (Fsp3) is 1.00. The van der Waals surface area contributed by atoms with E-state index in [0.717, 1.165) is 0 Å². The second-order valence-corrected chi connectivity index (χ2v) is 1.66. The van der Waals surface area contributed by atoms with Crippen LogP contribution in [0.15, 0.2) is 0 Å². The summed E-state index contributed by atoms with van der Waals surface area (Å²) in [4.78, 5) is 0. The Kier molecular flexibility index (Phi) is 3.70. The average molecular weight is 138 g/mol. The van der Waals surface area contributed by atoms with Gasteiger partial charge in [0, 0.05) is 6.42 Å². The Hall–Kier alpha value is -0.180. The SMILES string of the molecule is CC.FC1(F)CCOC1. The standard InChI is InChI=1S/C4H6F2O.C2H6/c5-4(6)1-2-7-3-4;1-2/h1-3H2;1-2H3. The summed E-state index contributed by atoms with van der Waals surface area (Å²) in [6, 6.07) is 0. The topological polar surface area (TPSA) is 9.23 Å². The van der Waals surface area contributed by atoms with Crippen LogP contribution in [0.1, 0.15) is 20.3 Å². The molecular weight excluding hydrogens is 126 g/mol. The zero-order chi connectivity index (χ0) is 7.33. The summed E-state index contributed by atoms with van der Waals surface area (Å²) in [5.41, 5.74) is 0. The van der Waals surface area contributed by atoms with Crippen LogP contribution in [-0.4, -0.2) is 19.1 Å². The van der Waals surface area contributed by atoms with Crippen molar-refractivity contribution in [1.82, 2.24) is 0 Å². The molecule has 0 unspecified atom stereocenters. The number of rotatable bonds is 0. The largest absolute Gasteiger partial charge is 0.375 e. The van der Waals surface area contributed by atoms with E-state index in [1.165, 1.54) is 0 Å². The highest BCUT2D eigenvalue weighted by Crippen LogP contribution is 2.23. The quantitative estimate of drug-likeness (QED) is 0.498. The van der Waals surface area contributed by atoms with Crippen molar-refractivity contribution in [2.24, 2.45) is 0 Å². The van der Waals surface area contributed by atoms with Gasteiger partial charge < -0.3 is 4.74 Å². The number of hydrogen-bond donors (Lipinski definition) is 0. The van der Waals surface area contributed by atoms with Crippen molar-refractivity contribution in [3.8, 4) is 0 Å². The molecule has 56 valence electrons. The first-order valence-corrected chi connectivity index (χ1v) is 3.16. The van der Waals surface area contributed by atoms with Gasteiger partial charge in [0.25, 0.3) is 5.92 Å². The molecule has 0 spiro atoms. The third-order valence-electron chi connectivity index (χ3n) is 0.925. The fourth-order valence-electron chi connectivity index (χ4n) is 0.515. The first-order chi connectivity index (χ1) is 4.21. The maximum Gasteiger partial charge on any atom is 0.273 e. The van der Waals surface area contributed by atoms with Gasteiger partial charge in [0.1, 0.15) is 6.61 Å². The van der Waals surface area contributed by atoms with E-state index in [9.17, 15) is 8.78 Å². The molecule has 1 fully saturated rings. The van der Waals surface area contributed by atoms with Crippen LogP contribution in [0, 0.1) is 0 Å². The van der Waals surface area contributed by atoms with Gasteiger partial charge in [0.05, 0.1) is 6.61 Å². The highest BCUT2D eigenvalue weighted by atomic mass is 19.3. The van der Waals surface area contributed by atoms with Crippen LogP contribution in [0.25, 0.3) is 0 Å². The van der Waals surface area contributed by atoms with Crippen molar-refractivity contribution in [1.29, 1.82) is 0 Å². The van der Waals surface area contributed by atoms with E-state index in [1.807, 2.05) is 13.8 Å². The minimum atomic E-state index is -2.53. The summed E-state index contributed by atoms with van der Waals surface area (Å²) < 4.78 is 28.0. The van der Waals surface area contributed by atoms with Gasteiger partial charge in [-0.15, -0.1) is 0 Å². The van der Waals surface area contributed by atoms with Gasteiger partial charge in [-0.1, -0.05) is 13.8 Å². The van der Waals surface area contributed by atoms with Crippen molar-refractivity contribution in [2.45, 2.75) is 26.2 Å². The van der Waals surface area contributed by atoms with E-state index in [1.54, 1.807) is 0 Å². The van der Waals surface area contributed by atoms with Crippen molar-refractivity contribution in [2.75, 3.05) is 13.2 Å². The summed E-state index contributed by atoms with van der Waals surface area (Å²) in [7, 11) is 0. The Labute approximate surface area is 54.0 Å². The van der Waals surface area contributed by atoms with Crippen LogP contribution >= 0.6 is 0 Å². The molecule has 0 amide bonds. The second kappa shape index (κ2) is 3.77. The van der Waals surface area contributed by atoms with E-state index in [0.29, 0.717) is 0 Å². The highest BCUT2D eigenvalue weighted by molar-refractivity contribution is 4.69. The van der Waals surface area contributed by atoms with Gasteiger partial charge >= 0.3 is 0 Å². The minimum Gasteiger partial charge on any atom is -0.375 e. The van der Waals surface area contributed by atoms with Crippen molar-refractivity contribution in [3.05, 3.63) is 0 Å². The molecule has 0 aromatic rings. The Bertz CT molecular complexity index is 65.5. The molecule has 0 radical (unpaired) electrons. The lowest BCUT2D eigenvalue weighted by Crippen LogP contribution is -2.13. The second-order valence-electron chi connectivity index (χ2n) is 1.66. The van der Waals surface area contributed by atoms with Gasteiger partial charge in [-0.3, -0.25) is 0 Å². The van der Waals surface area contributed by atoms with E-state index >= 15 is 0 Å². The molecule has 1 nitrogen and oxygen atoms in total. The third kappa shape index (κ3) is 3.40. The lowest BCUT2D eigenvalue weighted by Gasteiger charge is -2.00. The van der Waals surface area contributed by atoms with Gasteiger partial charge in [0.15, 0.2) is 0 Å². The van der Waals surface area contributed by atoms with Crippen LogP contribution in [0.3, 0.4) is 0 Å². The summed E-state index contributed by atoms with van der Waals surface area (Å²) in [5.74, 6) is -2.53. The smallest absolute Gasteiger partial charge is 0.273 e. The molecule has 1 aliphatic heterocycles. The Balaban J connectivity index is 0.000000291. The maximum atomic E-state index is 11.8. The summed E-state index contributed by atoms with van der Waals surface area (Å²) in [6.07, 6.45) is -0.104. The minimum absolute atomic E-state index is 0.104. The lowest BCUT2D eigenvalue weighted by molar-refractivity contribution is -0.00752. The molecule has 1 saturated heterocycles. The molecule has 0 saturated carbocycles. The van der Waals surface area contributed by atoms with E-state index in [-0.39, 0.29) is 19.6 Å². The highest BCUT2D eigenvalue weighted by Gasteiger charge is 2.33. The molecule has 1 heterocycles. The molecule has 0 bridgehead atoms. The van der Waals surface area contributed by atoms with Crippen LogP contribution < -0.4 is 0 Å². The predicted molar refractivity (Wildman–Crippen MR) is 31.7 cm³/mol. The van der Waals surface area contributed by atoms with Crippen LogP contribution in [0.5, 0.6) is 0 Å². The van der Waals surface area contributed by atoms with Crippen molar-refractivity contribution < 1.29 is 13.5 Å². The van der Waals surface area contributed by atoms with Gasteiger partial charge in [-0.25, -0.2) is 8.78 Å². The lowest BCUT2D eigenvalue weighted by atomic mass is 10.3. The van der Waals surface area contributed by atoms with Crippen LogP contribution in [0.4, 0.5) is 8.78 Å². The van der Waals surface area contributed by atoms with Crippen molar-refractivity contribution >= 4 is 0 Å². The van der Waals surface area contributed by atoms with Crippen LogP contribution in [-0.2, 0) is 4.74 Å². The molecular formula is C6H12F2O. The van der Waals surface area contributed by atoms with E-state index in [2.05, 4.69) is 4.74 Å². The first kappa shape index (κ1) is 8.82. The maximum absolute atomic E-state index is 11.8. The Morgan fingerprint density at radius 3 is 2.00 bits per heavy atom. The zero-order valence-corrected chi connectivity index (χ0v) is 5.79. The molecule has 1 rings (SSSR count). The normalized spacial score (nSPS) is 22.7. The average Bonchev–Trinajstić information content (AvgIpc) is 2.19. The number of ether oxygens (including phenoxy) is 1. The summed E-state index contributed by atoms with van der Waals surface area (Å²) in [6.45, 7) is 3.83. The van der Waals surface area contributed by atoms with Gasteiger partial charge in [-0.2, -0.15) is 0 Å². The van der Waals surface area contributed by atoms with Gasteiger partial charge in [-0.05, 0) is 0 Å². The predicted octanol–water partition coefficient (Wildman–Crippen LogP) is 2.07. The number of alkyl halides is 2. The van der Waals surface area contributed by atoms with Crippen molar-refractivity contribution in [3.63, 3.8) is 0 Å². The first-order valence-electron chi connectivity index (χ1n) is 3.16.